The van der Waals surface area contributed by atoms with Crippen molar-refractivity contribution in [3.05, 3.63) is 23.3 Å². The Kier molecular flexibility index (Phi) is 4.70. The van der Waals surface area contributed by atoms with Crippen molar-refractivity contribution in [2.75, 3.05) is 7.05 Å². The van der Waals surface area contributed by atoms with E-state index in [0.29, 0.717) is 12.0 Å². The quantitative estimate of drug-likeness (QED) is 0.868. The molecule has 0 heterocycles. The zero-order valence-electron chi connectivity index (χ0n) is 12.8. The number of carboxylic acids is 1. The third kappa shape index (κ3) is 3.19. The lowest BCUT2D eigenvalue weighted by molar-refractivity contribution is 0.0693. The highest BCUT2D eigenvalue weighted by atomic mass is 32.2. The number of aromatic hydroxyl groups is 1. The van der Waals surface area contributed by atoms with Gasteiger partial charge in [-0.05, 0) is 44.9 Å². The molecule has 0 aliphatic heterocycles. The number of aryl methyl sites for hydroxylation is 1. The van der Waals surface area contributed by atoms with Gasteiger partial charge in [0.05, 0.1) is 4.90 Å². The van der Waals surface area contributed by atoms with Gasteiger partial charge in [-0.2, -0.15) is 4.31 Å². The molecule has 1 aromatic carbocycles. The second kappa shape index (κ2) is 5.65. The average molecular weight is 315 g/mol. The van der Waals surface area contributed by atoms with Crippen molar-refractivity contribution in [2.24, 2.45) is 0 Å². The summed E-state index contributed by atoms with van der Waals surface area (Å²) in [5, 5.41) is 18.6. The van der Waals surface area contributed by atoms with Gasteiger partial charge in [0, 0.05) is 12.6 Å². The van der Waals surface area contributed by atoms with Gasteiger partial charge in [-0.15, -0.1) is 0 Å². The molecule has 2 N–H and O–H groups in total. The number of nitrogens with zero attached hydrogens (tertiary/aromatic N) is 1. The van der Waals surface area contributed by atoms with Crippen LogP contribution < -0.4 is 0 Å². The Hall–Kier alpha value is -1.60. The summed E-state index contributed by atoms with van der Waals surface area (Å²) in [6.07, 6.45) is 0.603. The lowest BCUT2D eigenvalue weighted by Gasteiger charge is -2.34. The molecule has 7 heteroatoms. The van der Waals surface area contributed by atoms with Gasteiger partial charge in [-0.1, -0.05) is 6.92 Å². The molecule has 0 bridgehead atoms. The summed E-state index contributed by atoms with van der Waals surface area (Å²) in [4.78, 5) is 11.0. The molecule has 0 saturated heterocycles. The summed E-state index contributed by atoms with van der Waals surface area (Å²) < 4.78 is 26.6. The van der Waals surface area contributed by atoms with Crippen molar-refractivity contribution < 1.29 is 23.4 Å². The first kappa shape index (κ1) is 17.5. The van der Waals surface area contributed by atoms with E-state index in [0.717, 1.165) is 12.1 Å². The van der Waals surface area contributed by atoms with E-state index in [9.17, 15) is 18.3 Å². The Morgan fingerprint density at radius 3 is 2.29 bits per heavy atom. The lowest BCUT2D eigenvalue weighted by atomic mass is 10.0. The number of hydrogen-bond donors (Lipinski definition) is 2. The molecule has 0 radical (unpaired) electrons. The average Bonchev–Trinajstić information content (AvgIpc) is 2.36. The zero-order valence-corrected chi connectivity index (χ0v) is 13.7. The van der Waals surface area contributed by atoms with E-state index in [4.69, 9.17) is 5.11 Å². The third-order valence-electron chi connectivity index (χ3n) is 3.88. The molecule has 0 spiro atoms. The lowest BCUT2D eigenvalue weighted by Crippen LogP contribution is -2.44. The maximum absolute atomic E-state index is 12.7. The van der Waals surface area contributed by atoms with E-state index in [1.54, 1.807) is 13.8 Å². The molecular formula is C14H21NO5S. The number of hydrogen-bond acceptors (Lipinski definition) is 4. The molecule has 0 amide bonds. The molecule has 0 aliphatic carbocycles. The third-order valence-corrected chi connectivity index (χ3v) is 6.09. The minimum absolute atomic E-state index is 0.110. The standard InChI is InChI=1S/C14H21NO5S/c1-6-14(3,4)15(5)21(19,20)12-8-10(13(17)18)11(16)7-9(12)2/h7-8,16H,6H2,1-5H3,(H,17,18). The number of sulfonamides is 1. The first-order valence-corrected chi connectivity index (χ1v) is 7.95. The number of phenols is 1. The summed E-state index contributed by atoms with van der Waals surface area (Å²) in [7, 11) is -2.39. The summed E-state index contributed by atoms with van der Waals surface area (Å²) in [5.74, 6) is -1.82. The fraction of sp³-hybridized carbons (Fsp3) is 0.500. The molecule has 6 nitrogen and oxygen atoms in total. The largest absolute Gasteiger partial charge is 0.507 e. The number of benzene rings is 1. The molecule has 0 aromatic heterocycles. The summed E-state index contributed by atoms with van der Waals surface area (Å²) in [5.41, 5.74) is -0.731. The van der Waals surface area contributed by atoms with Crippen LogP contribution in [0.1, 0.15) is 43.1 Å². The van der Waals surface area contributed by atoms with Crippen LogP contribution in [0, 0.1) is 6.92 Å². The number of aromatic carboxylic acids is 1. The molecule has 1 rings (SSSR count). The highest BCUT2D eigenvalue weighted by Crippen LogP contribution is 2.30. The van der Waals surface area contributed by atoms with Crippen LogP contribution in [0.15, 0.2) is 17.0 Å². The van der Waals surface area contributed by atoms with Gasteiger partial charge in [0.1, 0.15) is 11.3 Å². The van der Waals surface area contributed by atoms with Crippen molar-refractivity contribution >= 4 is 16.0 Å². The SMILES string of the molecule is CCC(C)(C)N(C)S(=O)(=O)c1cc(C(=O)O)c(O)cc1C. The maximum Gasteiger partial charge on any atom is 0.339 e. The van der Waals surface area contributed by atoms with Gasteiger partial charge in [0.15, 0.2) is 0 Å². The van der Waals surface area contributed by atoms with E-state index in [1.165, 1.54) is 18.3 Å². The molecule has 0 unspecified atom stereocenters. The molecule has 21 heavy (non-hydrogen) atoms. The molecule has 0 saturated carbocycles. The molecule has 0 atom stereocenters. The van der Waals surface area contributed by atoms with Gasteiger partial charge in [-0.3, -0.25) is 0 Å². The van der Waals surface area contributed by atoms with Crippen molar-refractivity contribution in [3.8, 4) is 5.75 Å². The van der Waals surface area contributed by atoms with Crippen LogP contribution >= 0.6 is 0 Å². The van der Waals surface area contributed by atoms with Gasteiger partial charge in [0.25, 0.3) is 0 Å². The predicted octanol–water partition coefficient (Wildman–Crippen LogP) is 2.21. The summed E-state index contributed by atoms with van der Waals surface area (Å²) in [6.45, 7) is 6.97. The van der Waals surface area contributed by atoms with Gasteiger partial charge in [0.2, 0.25) is 10.0 Å². The second-order valence-electron chi connectivity index (χ2n) is 5.58. The van der Waals surface area contributed by atoms with Crippen molar-refractivity contribution in [1.82, 2.24) is 4.31 Å². The van der Waals surface area contributed by atoms with Gasteiger partial charge >= 0.3 is 5.97 Å². The van der Waals surface area contributed by atoms with E-state index in [2.05, 4.69) is 0 Å². The fourth-order valence-electron chi connectivity index (χ4n) is 1.82. The van der Waals surface area contributed by atoms with Gasteiger partial charge in [-0.25, -0.2) is 13.2 Å². The van der Waals surface area contributed by atoms with E-state index >= 15 is 0 Å². The van der Waals surface area contributed by atoms with Gasteiger partial charge < -0.3 is 10.2 Å². The van der Waals surface area contributed by atoms with Crippen molar-refractivity contribution in [1.29, 1.82) is 0 Å². The van der Waals surface area contributed by atoms with E-state index in [1.807, 2.05) is 6.92 Å². The van der Waals surface area contributed by atoms with Crippen LogP contribution in [0.3, 0.4) is 0 Å². The second-order valence-corrected chi connectivity index (χ2v) is 7.52. The summed E-state index contributed by atoms with van der Waals surface area (Å²) in [6, 6.07) is 2.16. The number of rotatable bonds is 5. The zero-order chi connectivity index (χ0) is 16.6. The Morgan fingerprint density at radius 2 is 1.86 bits per heavy atom. The first-order chi connectivity index (χ1) is 9.45. The molecule has 1 aromatic rings. The van der Waals surface area contributed by atoms with Crippen LogP contribution in [-0.4, -0.2) is 41.5 Å². The van der Waals surface area contributed by atoms with Crippen molar-refractivity contribution in [2.45, 2.75) is 44.6 Å². The minimum atomic E-state index is -3.85. The highest BCUT2D eigenvalue weighted by Gasteiger charge is 2.34. The molecular weight excluding hydrogens is 294 g/mol. The highest BCUT2D eigenvalue weighted by molar-refractivity contribution is 7.89. The molecule has 0 aliphatic rings. The van der Waals surface area contributed by atoms with Crippen LogP contribution in [0.25, 0.3) is 0 Å². The Labute approximate surface area is 125 Å². The maximum atomic E-state index is 12.7. The predicted molar refractivity (Wildman–Crippen MR) is 79.1 cm³/mol. The Morgan fingerprint density at radius 1 is 1.33 bits per heavy atom. The van der Waals surface area contributed by atoms with Crippen molar-refractivity contribution in [3.63, 3.8) is 0 Å². The van der Waals surface area contributed by atoms with Crippen LogP contribution in [0.5, 0.6) is 5.75 Å². The minimum Gasteiger partial charge on any atom is -0.507 e. The monoisotopic (exact) mass is 315 g/mol. The number of carbonyl (C=O) groups is 1. The smallest absolute Gasteiger partial charge is 0.339 e. The topological polar surface area (TPSA) is 94.9 Å². The molecule has 118 valence electrons. The fourth-order valence-corrected chi connectivity index (χ4v) is 3.62. The normalized spacial score (nSPS) is 12.7. The Bertz CT molecular complexity index is 664. The molecule has 0 fully saturated rings. The number of carboxylic acid groups (broad SMARTS) is 1. The van der Waals surface area contributed by atoms with E-state index < -0.39 is 32.8 Å². The van der Waals surface area contributed by atoms with Crippen LogP contribution in [-0.2, 0) is 10.0 Å². The van der Waals surface area contributed by atoms with Crippen LogP contribution in [0.2, 0.25) is 0 Å². The van der Waals surface area contributed by atoms with E-state index in [-0.39, 0.29) is 4.90 Å². The van der Waals surface area contributed by atoms with Crippen LogP contribution in [0.4, 0.5) is 0 Å². The summed E-state index contributed by atoms with van der Waals surface area (Å²) >= 11 is 0. The first-order valence-electron chi connectivity index (χ1n) is 6.51. The Balaban J connectivity index is 3.52.